The highest BCUT2D eigenvalue weighted by Crippen LogP contribution is 2.08. The molecule has 0 aliphatic carbocycles. The first-order valence-corrected chi connectivity index (χ1v) is 6.44. The lowest BCUT2D eigenvalue weighted by molar-refractivity contribution is 0.0247. The van der Waals surface area contributed by atoms with Crippen LogP contribution < -0.4 is 5.32 Å². The summed E-state index contributed by atoms with van der Waals surface area (Å²) in [5, 5.41) is 13.2. The summed E-state index contributed by atoms with van der Waals surface area (Å²) < 4.78 is 9.54. The van der Waals surface area contributed by atoms with Gasteiger partial charge in [-0.2, -0.15) is 0 Å². The van der Waals surface area contributed by atoms with Gasteiger partial charge >= 0.3 is 5.97 Å². The summed E-state index contributed by atoms with van der Waals surface area (Å²) in [6.45, 7) is 3.23. The molecular formula is C14H22N2O4. The number of pyridine rings is 1. The van der Waals surface area contributed by atoms with E-state index in [4.69, 9.17) is 4.74 Å². The highest BCUT2D eigenvalue weighted by molar-refractivity contribution is 5.88. The Morgan fingerprint density at radius 2 is 2.20 bits per heavy atom. The van der Waals surface area contributed by atoms with Crippen molar-refractivity contribution in [3.63, 3.8) is 0 Å². The van der Waals surface area contributed by atoms with Crippen molar-refractivity contribution in [2.24, 2.45) is 0 Å². The van der Waals surface area contributed by atoms with Crippen molar-refractivity contribution in [1.82, 2.24) is 10.3 Å². The maximum absolute atomic E-state index is 11.2. The fraction of sp³-hybridized carbons (Fsp3) is 0.571. The van der Waals surface area contributed by atoms with Crippen molar-refractivity contribution in [1.29, 1.82) is 0 Å². The summed E-state index contributed by atoms with van der Waals surface area (Å²) in [4.78, 5) is 15.4. The molecule has 0 amide bonds. The highest BCUT2D eigenvalue weighted by atomic mass is 16.5. The van der Waals surface area contributed by atoms with Gasteiger partial charge in [0.05, 0.1) is 24.0 Å². The Hall–Kier alpha value is -1.50. The summed E-state index contributed by atoms with van der Waals surface area (Å²) >= 11 is 0. The van der Waals surface area contributed by atoms with Gasteiger partial charge in [-0.25, -0.2) is 4.79 Å². The minimum Gasteiger partial charge on any atom is -0.465 e. The molecular weight excluding hydrogens is 260 g/mol. The summed E-state index contributed by atoms with van der Waals surface area (Å²) in [6, 6.07) is 3.42. The van der Waals surface area contributed by atoms with Crippen LogP contribution >= 0.6 is 0 Å². The summed E-state index contributed by atoms with van der Waals surface area (Å²) in [6.07, 6.45) is 2.04. The van der Waals surface area contributed by atoms with Gasteiger partial charge in [-0.3, -0.25) is 4.98 Å². The van der Waals surface area contributed by atoms with E-state index in [-0.39, 0.29) is 0 Å². The Balaban J connectivity index is 2.40. The van der Waals surface area contributed by atoms with Crippen molar-refractivity contribution < 1.29 is 19.4 Å². The number of ether oxygens (including phenoxy) is 2. The van der Waals surface area contributed by atoms with Crippen molar-refractivity contribution >= 4 is 5.97 Å². The minimum absolute atomic E-state index is 0.403. The standard InChI is InChI=1S/C14H22N2O4/c1-14(18,6-7-19-2)10-15-9-12-5-4-11(8-16-12)13(17)20-3/h4-5,8,15,18H,6-7,9-10H2,1-3H3. The van der Waals surface area contributed by atoms with Crippen molar-refractivity contribution in [3.8, 4) is 0 Å². The zero-order valence-electron chi connectivity index (χ0n) is 12.2. The van der Waals surface area contributed by atoms with E-state index in [0.29, 0.717) is 31.7 Å². The molecule has 2 N–H and O–H groups in total. The van der Waals surface area contributed by atoms with Gasteiger partial charge in [0.1, 0.15) is 0 Å². The maximum Gasteiger partial charge on any atom is 0.339 e. The molecule has 1 aromatic rings. The number of rotatable bonds is 8. The number of aliphatic hydroxyl groups is 1. The third-order valence-electron chi connectivity index (χ3n) is 2.90. The van der Waals surface area contributed by atoms with Gasteiger partial charge in [-0.1, -0.05) is 0 Å². The number of esters is 1. The fourth-order valence-corrected chi connectivity index (χ4v) is 1.64. The van der Waals surface area contributed by atoms with E-state index in [1.165, 1.54) is 13.3 Å². The molecule has 1 heterocycles. The number of hydrogen-bond donors (Lipinski definition) is 2. The first-order chi connectivity index (χ1) is 9.48. The monoisotopic (exact) mass is 282 g/mol. The molecule has 0 radical (unpaired) electrons. The van der Waals surface area contributed by atoms with Crippen LogP contribution in [0.5, 0.6) is 0 Å². The van der Waals surface area contributed by atoms with Crippen LogP contribution in [0.15, 0.2) is 18.3 Å². The van der Waals surface area contributed by atoms with Crippen molar-refractivity contribution in [2.75, 3.05) is 27.4 Å². The van der Waals surface area contributed by atoms with Crippen LogP contribution in [0, 0.1) is 0 Å². The van der Waals surface area contributed by atoms with Crippen molar-refractivity contribution in [3.05, 3.63) is 29.6 Å². The predicted molar refractivity (Wildman–Crippen MR) is 74.4 cm³/mol. The molecule has 0 saturated carbocycles. The number of methoxy groups -OCH3 is 2. The van der Waals surface area contributed by atoms with Gasteiger partial charge in [-0.05, 0) is 19.1 Å². The lowest BCUT2D eigenvalue weighted by atomic mass is 10.0. The second-order valence-corrected chi connectivity index (χ2v) is 4.87. The molecule has 112 valence electrons. The molecule has 20 heavy (non-hydrogen) atoms. The summed E-state index contributed by atoms with van der Waals surface area (Å²) in [5.41, 5.74) is 0.394. The normalized spacial score (nSPS) is 13.8. The predicted octanol–water partition coefficient (Wildman–Crippen LogP) is 0.745. The van der Waals surface area contributed by atoms with Gasteiger partial charge < -0.3 is 19.9 Å². The van der Waals surface area contributed by atoms with E-state index in [0.717, 1.165) is 5.69 Å². The number of hydrogen-bond acceptors (Lipinski definition) is 6. The van der Waals surface area contributed by atoms with Crippen LogP contribution in [0.1, 0.15) is 29.4 Å². The molecule has 0 aromatic carbocycles. The topological polar surface area (TPSA) is 80.7 Å². The number of carbonyl (C=O) groups is 1. The Morgan fingerprint density at radius 1 is 1.45 bits per heavy atom. The quantitative estimate of drug-likeness (QED) is 0.685. The molecule has 6 nitrogen and oxygen atoms in total. The van der Waals surface area contributed by atoms with Gasteiger partial charge in [0.2, 0.25) is 0 Å². The molecule has 1 rings (SSSR count). The van der Waals surface area contributed by atoms with Gasteiger partial charge in [0, 0.05) is 39.4 Å². The van der Waals surface area contributed by atoms with Gasteiger partial charge in [0.25, 0.3) is 0 Å². The second kappa shape index (κ2) is 7.94. The molecule has 0 saturated heterocycles. The fourth-order valence-electron chi connectivity index (χ4n) is 1.64. The first kappa shape index (κ1) is 16.6. The second-order valence-electron chi connectivity index (χ2n) is 4.87. The van der Waals surface area contributed by atoms with E-state index in [1.54, 1.807) is 26.2 Å². The molecule has 0 aliphatic heterocycles. The minimum atomic E-state index is -0.817. The average molecular weight is 282 g/mol. The van der Waals surface area contributed by atoms with Crippen molar-refractivity contribution in [2.45, 2.75) is 25.5 Å². The zero-order valence-corrected chi connectivity index (χ0v) is 12.2. The Bertz CT molecular complexity index is 418. The van der Waals surface area contributed by atoms with Crippen LogP contribution in [0.4, 0.5) is 0 Å². The smallest absolute Gasteiger partial charge is 0.339 e. The summed E-state index contributed by atoms with van der Waals surface area (Å²) in [5.74, 6) is -0.403. The Kier molecular flexibility index (Phi) is 6.57. The molecule has 1 aromatic heterocycles. The maximum atomic E-state index is 11.2. The largest absolute Gasteiger partial charge is 0.465 e. The molecule has 1 unspecified atom stereocenters. The van der Waals surface area contributed by atoms with E-state index in [2.05, 4.69) is 15.0 Å². The first-order valence-electron chi connectivity index (χ1n) is 6.44. The van der Waals surface area contributed by atoms with E-state index in [1.807, 2.05) is 0 Å². The van der Waals surface area contributed by atoms with Crippen LogP contribution in [0.3, 0.4) is 0 Å². The van der Waals surface area contributed by atoms with Gasteiger partial charge in [0.15, 0.2) is 0 Å². The third kappa shape index (κ3) is 5.64. The lowest BCUT2D eigenvalue weighted by Gasteiger charge is -2.23. The van der Waals surface area contributed by atoms with Crippen LogP contribution in [0.2, 0.25) is 0 Å². The molecule has 1 atom stereocenters. The molecule has 0 aliphatic rings. The van der Waals surface area contributed by atoms with E-state index in [9.17, 15) is 9.90 Å². The third-order valence-corrected chi connectivity index (χ3v) is 2.90. The summed E-state index contributed by atoms with van der Waals surface area (Å²) in [7, 11) is 2.94. The lowest BCUT2D eigenvalue weighted by Crippen LogP contribution is -2.38. The van der Waals surface area contributed by atoms with E-state index < -0.39 is 11.6 Å². The Morgan fingerprint density at radius 3 is 2.75 bits per heavy atom. The number of nitrogens with one attached hydrogen (secondary N) is 1. The Labute approximate surface area is 119 Å². The average Bonchev–Trinajstić information content (AvgIpc) is 2.45. The SMILES string of the molecule is COCCC(C)(O)CNCc1ccc(C(=O)OC)cn1. The number of carbonyl (C=O) groups excluding carboxylic acids is 1. The molecule has 0 bridgehead atoms. The zero-order chi connectivity index (χ0) is 15.0. The van der Waals surface area contributed by atoms with Crippen LogP contribution in [0.25, 0.3) is 0 Å². The van der Waals surface area contributed by atoms with Gasteiger partial charge in [-0.15, -0.1) is 0 Å². The molecule has 0 spiro atoms. The number of nitrogens with zero attached hydrogens (tertiary/aromatic N) is 1. The van der Waals surface area contributed by atoms with Crippen LogP contribution in [-0.4, -0.2) is 49.0 Å². The highest BCUT2D eigenvalue weighted by Gasteiger charge is 2.19. The molecule has 6 heteroatoms. The van der Waals surface area contributed by atoms with Crippen LogP contribution in [-0.2, 0) is 16.0 Å². The van der Waals surface area contributed by atoms with E-state index >= 15 is 0 Å². The molecule has 0 fully saturated rings. The number of aromatic nitrogens is 1.